The third-order valence-electron chi connectivity index (χ3n) is 2.15. The highest BCUT2D eigenvalue weighted by molar-refractivity contribution is 7.12. The molecule has 0 radical (unpaired) electrons. The van der Waals surface area contributed by atoms with Crippen LogP contribution in [0.2, 0.25) is 0 Å². The Labute approximate surface area is 118 Å². The van der Waals surface area contributed by atoms with E-state index in [0.29, 0.717) is 19.0 Å². The number of rotatable bonds is 5. The molecule has 5 nitrogen and oxygen atoms in total. The number of carbonyl (C=O) groups is 1. The molecule has 0 spiro atoms. The molecular weight excluding hydrogens is 260 g/mol. The molecule has 0 bridgehead atoms. The maximum absolute atomic E-state index is 11.6. The van der Waals surface area contributed by atoms with Crippen LogP contribution in [0, 0.1) is 0 Å². The molecule has 0 fully saturated rings. The number of nitrogens with zero attached hydrogens (tertiary/aromatic N) is 1. The summed E-state index contributed by atoms with van der Waals surface area (Å²) in [5.41, 5.74) is 5.65. The lowest BCUT2D eigenvalue weighted by Gasteiger charge is -2.20. The summed E-state index contributed by atoms with van der Waals surface area (Å²) in [5.74, 6) is 0.414. The zero-order valence-corrected chi connectivity index (χ0v) is 12.5. The molecular formula is C13H22N4OS. The van der Waals surface area contributed by atoms with Gasteiger partial charge in [0.25, 0.3) is 5.91 Å². The smallest absolute Gasteiger partial charge is 0.261 e. The molecule has 0 aromatic carbocycles. The Balaban J connectivity index is 2.18. The van der Waals surface area contributed by atoms with E-state index in [4.69, 9.17) is 5.73 Å². The van der Waals surface area contributed by atoms with Crippen LogP contribution in [-0.4, -0.2) is 30.5 Å². The first-order valence-corrected chi connectivity index (χ1v) is 7.16. The summed E-state index contributed by atoms with van der Waals surface area (Å²) in [7, 11) is 0. The minimum atomic E-state index is -0.0824. The van der Waals surface area contributed by atoms with E-state index in [9.17, 15) is 4.79 Å². The molecule has 1 amide bonds. The SMILES string of the molecule is CC(C)(C)NC(N)=NCCCNC(=O)c1cccs1. The van der Waals surface area contributed by atoms with Gasteiger partial charge in [-0.25, -0.2) is 0 Å². The first-order chi connectivity index (χ1) is 8.88. The lowest BCUT2D eigenvalue weighted by molar-refractivity contribution is 0.0957. The molecule has 0 aliphatic heterocycles. The van der Waals surface area contributed by atoms with Gasteiger partial charge >= 0.3 is 0 Å². The summed E-state index contributed by atoms with van der Waals surface area (Å²) in [5, 5.41) is 7.82. The highest BCUT2D eigenvalue weighted by Gasteiger charge is 2.09. The van der Waals surface area contributed by atoms with Crippen molar-refractivity contribution in [3.05, 3.63) is 22.4 Å². The predicted octanol–water partition coefficient (Wildman–Crippen LogP) is 1.57. The molecule has 0 aliphatic rings. The zero-order chi connectivity index (χ0) is 14.3. The number of guanidine groups is 1. The van der Waals surface area contributed by atoms with Crippen LogP contribution in [0.5, 0.6) is 0 Å². The predicted molar refractivity (Wildman–Crippen MR) is 80.6 cm³/mol. The van der Waals surface area contributed by atoms with Gasteiger partial charge in [-0.3, -0.25) is 9.79 Å². The van der Waals surface area contributed by atoms with Gasteiger partial charge in [-0.15, -0.1) is 11.3 Å². The summed E-state index contributed by atoms with van der Waals surface area (Å²) in [6.07, 6.45) is 0.767. The van der Waals surface area contributed by atoms with Gasteiger partial charge in [0, 0.05) is 18.6 Å². The summed E-state index contributed by atoms with van der Waals surface area (Å²) in [4.78, 5) is 16.6. The number of nitrogens with two attached hydrogens (primary N) is 1. The van der Waals surface area contributed by atoms with E-state index >= 15 is 0 Å². The number of hydrogen-bond acceptors (Lipinski definition) is 3. The van der Waals surface area contributed by atoms with Crippen LogP contribution in [0.3, 0.4) is 0 Å². The molecule has 1 rings (SSSR count). The number of amides is 1. The van der Waals surface area contributed by atoms with Crippen molar-refractivity contribution in [1.82, 2.24) is 10.6 Å². The fraction of sp³-hybridized carbons (Fsp3) is 0.538. The molecule has 1 aromatic heterocycles. The van der Waals surface area contributed by atoms with Crippen molar-refractivity contribution in [2.75, 3.05) is 13.1 Å². The van der Waals surface area contributed by atoms with Gasteiger partial charge in [0.15, 0.2) is 5.96 Å². The molecule has 0 unspecified atom stereocenters. The molecule has 1 heterocycles. The molecule has 0 atom stereocenters. The fourth-order valence-corrected chi connectivity index (χ4v) is 2.04. The maximum atomic E-state index is 11.6. The van der Waals surface area contributed by atoms with Crippen molar-refractivity contribution in [3.8, 4) is 0 Å². The topological polar surface area (TPSA) is 79.5 Å². The van der Waals surface area contributed by atoms with Crippen LogP contribution in [0.4, 0.5) is 0 Å². The Morgan fingerprint density at radius 3 is 2.79 bits per heavy atom. The minimum Gasteiger partial charge on any atom is -0.370 e. The Kier molecular flexibility index (Phi) is 5.82. The van der Waals surface area contributed by atoms with E-state index in [1.807, 2.05) is 38.3 Å². The molecule has 19 heavy (non-hydrogen) atoms. The van der Waals surface area contributed by atoms with E-state index in [1.54, 1.807) is 0 Å². The average Bonchev–Trinajstić information content (AvgIpc) is 2.79. The first kappa shape index (κ1) is 15.5. The Hall–Kier alpha value is -1.56. The van der Waals surface area contributed by atoms with Gasteiger partial charge in [0.2, 0.25) is 0 Å². The van der Waals surface area contributed by atoms with E-state index in [1.165, 1.54) is 11.3 Å². The third-order valence-corrected chi connectivity index (χ3v) is 3.02. The third kappa shape index (κ3) is 6.81. The van der Waals surface area contributed by atoms with Gasteiger partial charge in [-0.1, -0.05) is 6.07 Å². The molecule has 1 aromatic rings. The number of aliphatic imine (C=N–C) groups is 1. The quantitative estimate of drug-likeness (QED) is 0.436. The zero-order valence-electron chi connectivity index (χ0n) is 11.7. The van der Waals surface area contributed by atoms with Crippen LogP contribution in [-0.2, 0) is 0 Å². The number of hydrogen-bond donors (Lipinski definition) is 3. The van der Waals surface area contributed by atoms with Crippen molar-refractivity contribution in [2.24, 2.45) is 10.7 Å². The van der Waals surface area contributed by atoms with E-state index in [0.717, 1.165) is 11.3 Å². The normalized spacial score (nSPS) is 12.3. The van der Waals surface area contributed by atoms with Crippen LogP contribution < -0.4 is 16.4 Å². The standard InChI is InChI=1S/C13H22N4OS/c1-13(2,3)17-12(14)16-8-5-7-15-11(18)10-6-4-9-19-10/h4,6,9H,5,7-8H2,1-3H3,(H,15,18)(H3,14,16,17). The van der Waals surface area contributed by atoms with Crippen LogP contribution in [0.15, 0.2) is 22.5 Å². The first-order valence-electron chi connectivity index (χ1n) is 6.28. The van der Waals surface area contributed by atoms with Gasteiger partial charge in [0.05, 0.1) is 4.88 Å². The minimum absolute atomic E-state index is 0.0280. The highest BCUT2D eigenvalue weighted by atomic mass is 32.1. The molecule has 4 N–H and O–H groups in total. The second-order valence-corrected chi connectivity index (χ2v) is 6.18. The Bertz CT molecular complexity index is 420. The van der Waals surface area contributed by atoms with Crippen molar-refractivity contribution in [3.63, 3.8) is 0 Å². The number of carbonyl (C=O) groups excluding carboxylic acids is 1. The summed E-state index contributed by atoms with van der Waals surface area (Å²) in [6.45, 7) is 7.27. The second-order valence-electron chi connectivity index (χ2n) is 5.23. The summed E-state index contributed by atoms with van der Waals surface area (Å²) < 4.78 is 0. The maximum Gasteiger partial charge on any atom is 0.261 e. The van der Waals surface area contributed by atoms with Crippen LogP contribution >= 0.6 is 11.3 Å². The average molecular weight is 282 g/mol. The fourth-order valence-electron chi connectivity index (χ4n) is 1.40. The molecule has 0 saturated carbocycles. The largest absolute Gasteiger partial charge is 0.370 e. The number of nitrogens with one attached hydrogen (secondary N) is 2. The van der Waals surface area contributed by atoms with E-state index in [-0.39, 0.29) is 11.4 Å². The van der Waals surface area contributed by atoms with Crippen molar-refractivity contribution in [2.45, 2.75) is 32.7 Å². The van der Waals surface area contributed by atoms with E-state index in [2.05, 4.69) is 15.6 Å². The lowest BCUT2D eigenvalue weighted by Crippen LogP contribution is -2.45. The van der Waals surface area contributed by atoms with Crippen LogP contribution in [0.25, 0.3) is 0 Å². The number of thiophene rings is 1. The monoisotopic (exact) mass is 282 g/mol. The van der Waals surface area contributed by atoms with E-state index < -0.39 is 0 Å². The van der Waals surface area contributed by atoms with Gasteiger partial charge in [-0.2, -0.15) is 0 Å². The van der Waals surface area contributed by atoms with Gasteiger partial charge in [0.1, 0.15) is 0 Å². The summed E-state index contributed by atoms with van der Waals surface area (Å²) >= 11 is 1.44. The molecule has 6 heteroatoms. The van der Waals surface area contributed by atoms with Gasteiger partial charge in [-0.05, 0) is 38.6 Å². The van der Waals surface area contributed by atoms with Crippen molar-refractivity contribution >= 4 is 23.2 Å². The Morgan fingerprint density at radius 1 is 1.47 bits per heavy atom. The second kappa shape index (κ2) is 7.13. The van der Waals surface area contributed by atoms with Crippen LogP contribution in [0.1, 0.15) is 36.9 Å². The molecule has 106 valence electrons. The lowest BCUT2D eigenvalue weighted by atomic mass is 10.1. The molecule has 0 aliphatic carbocycles. The molecule has 0 saturated heterocycles. The summed E-state index contributed by atoms with van der Waals surface area (Å²) in [6, 6.07) is 3.67. The van der Waals surface area contributed by atoms with Crippen molar-refractivity contribution in [1.29, 1.82) is 0 Å². The highest BCUT2D eigenvalue weighted by Crippen LogP contribution is 2.07. The van der Waals surface area contributed by atoms with Gasteiger partial charge < -0.3 is 16.4 Å². The van der Waals surface area contributed by atoms with Crippen molar-refractivity contribution < 1.29 is 4.79 Å². The Morgan fingerprint density at radius 2 is 2.21 bits per heavy atom.